The first-order chi connectivity index (χ1) is 8.17. The molecule has 0 radical (unpaired) electrons. The lowest BCUT2D eigenvalue weighted by atomic mass is 10.2. The van der Waals surface area contributed by atoms with Crippen LogP contribution in [-0.2, 0) is 16.1 Å². The average molecular weight is 254 g/mol. The highest BCUT2D eigenvalue weighted by molar-refractivity contribution is 6.30. The van der Waals surface area contributed by atoms with Gasteiger partial charge in [0.05, 0.1) is 19.6 Å². The Labute approximate surface area is 105 Å². The zero-order valence-corrected chi connectivity index (χ0v) is 10.2. The van der Waals surface area contributed by atoms with Gasteiger partial charge in [-0.1, -0.05) is 11.6 Å². The van der Waals surface area contributed by atoms with Gasteiger partial charge >= 0.3 is 5.97 Å². The number of rotatable bonds is 5. The van der Waals surface area contributed by atoms with E-state index in [0.29, 0.717) is 16.3 Å². The minimum absolute atomic E-state index is 0.0913. The van der Waals surface area contributed by atoms with Crippen molar-refractivity contribution >= 4 is 17.6 Å². The number of carbonyl (C=O) groups excluding carboxylic acids is 1. The van der Waals surface area contributed by atoms with Gasteiger partial charge in [0.25, 0.3) is 0 Å². The third kappa shape index (κ3) is 4.33. The summed E-state index contributed by atoms with van der Waals surface area (Å²) in [5, 5.41) is 8.87. The molecule has 0 aliphatic carbocycles. The van der Waals surface area contributed by atoms with Gasteiger partial charge in [-0.05, 0) is 18.2 Å². The fraction of sp³-hybridized carbons (Fsp3) is 0.333. The van der Waals surface area contributed by atoms with E-state index in [2.05, 4.69) is 0 Å². The molecule has 17 heavy (non-hydrogen) atoms. The minimum Gasteiger partial charge on any atom is -0.496 e. The zero-order chi connectivity index (χ0) is 12.7. The number of benzene rings is 1. The lowest BCUT2D eigenvalue weighted by Gasteiger charge is -2.09. The quantitative estimate of drug-likeness (QED) is 0.757. The fourth-order valence-electron chi connectivity index (χ4n) is 1.25. The number of methoxy groups -OCH3 is 1. The maximum atomic E-state index is 11.2. The van der Waals surface area contributed by atoms with E-state index in [1.807, 2.05) is 6.07 Å². The van der Waals surface area contributed by atoms with Gasteiger partial charge in [-0.3, -0.25) is 4.79 Å². The second kappa shape index (κ2) is 6.77. The summed E-state index contributed by atoms with van der Waals surface area (Å²) in [5.41, 5.74) is 0.699. The van der Waals surface area contributed by atoms with Crippen LogP contribution < -0.4 is 4.74 Å². The van der Waals surface area contributed by atoms with Crippen LogP contribution in [0.2, 0.25) is 5.02 Å². The van der Waals surface area contributed by atoms with Crippen LogP contribution in [0.5, 0.6) is 5.75 Å². The van der Waals surface area contributed by atoms with Crippen molar-refractivity contribution in [3.8, 4) is 11.8 Å². The number of esters is 1. The maximum absolute atomic E-state index is 11.2. The Bertz CT molecular complexity index is 440. The summed E-state index contributed by atoms with van der Waals surface area (Å²) in [6, 6.07) is 6.97. The highest BCUT2D eigenvalue weighted by Gasteiger charge is 2.07. The van der Waals surface area contributed by atoms with E-state index in [1.54, 1.807) is 18.2 Å². The van der Waals surface area contributed by atoms with Gasteiger partial charge in [-0.2, -0.15) is 5.26 Å². The summed E-state index contributed by atoms with van der Waals surface area (Å²) in [7, 11) is 1.53. The first-order valence-electron chi connectivity index (χ1n) is 5.02. The molecule has 0 aromatic heterocycles. The van der Waals surface area contributed by atoms with Crippen molar-refractivity contribution in [3.05, 3.63) is 28.8 Å². The van der Waals surface area contributed by atoms with E-state index < -0.39 is 5.97 Å². The summed E-state index contributed by atoms with van der Waals surface area (Å²) >= 11 is 5.83. The summed E-state index contributed by atoms with van der Waals surface area (Å²) in [6.07, 6.45) is 0.255. The molecule has 0 aliphatic heterocycles. The van der Waals surface area contributed by atoms with Crippen LogP contribution in [-0.4, -0.2) is 13.1 Å². The molecule has 5 heteroatoms. The topological polar surface area (TPSA) is 59.3 Å². The molecule has 1 aromatic rings. The molecule has 0 heterocycles. The molecule has 0 saturated carbocycles. The molecule has 0 aliphatic rings. The zero-order valence-electron chi connectivity index (χ0n) is 9.40. The summed E-state index contributed by atoms with van der Waals surface area (Å²) in [5.74, 6) is 0.205. The van der Waals surface area contributed by atoms with E-state index in [4.69, 9.17) is 26.3 Å². The second-order valence-electron chi connectivity index (χ2n) is 3.27. The molecule has 0 fully saturated rings. The van der Waals surface area contributed by atoms with Gasteiger partial charge in [-0.25, -0.2) is 0 Å². The summed E-state index contributed by atoms with van der Waals surface area (Å²) < 4.78 is 10.1. The van der Waals surface area contributed by atoms with Gasteiger partial charge in [0.2, 0.25) is 0 Å². The number of halogens is 1. The van der Waals surface area contributed by atoms with Gasteiger partial charge in [0.1, 0.15) is 12.4 Å². The number of ether oxygens (including phenoxy) is 2. The van der Waals surface area contributed by atoms with Crippen LogP contribution in [0.1, 0.15) is 18.4 Å². The van der Waals surface area contributed by atoms with Gasteiger partial charge in [-0.15, -0.1) is 0 Å². The van der Waals surface area contributed by atoms with E-state index in [-0.39, 0.29) is 19.4 Å². The Morgan fingerprint density at radius 3 is 2.94 bits per heavy atom. The molecule has 1 aromatic carbocycles. The second-order valence-corrected chi connectivity index (χ2v) is 3.71. The first-order valence-corrected chi connectivity index (χ1v) is 5.40. The normalized spacial score (nSPS) is 9.47. The molecule has 0 amide bonds. The third-order valence-electron chi connectivity index (χ3n) is 2.07. The van der Waals surface area contributed by atoms with Crippen LogP contribution in [0, 0.1) is 11.3 Å². The predicted molar refractivity (Wildman–Crippen MR) is 62.6 cm³/mol. The van der Waals surface area contributed by atoms with Crippen molar-refractivity contribution in [2.45, 2.75) is 19.4 Å². The monoisotopic (exact) mass is 253 g/mol. The number of hydrogen-bond acceptors (Lipinski definition) is 4. The van der Waals surface area contributed by atoms with E-state index in [9.17, 15) is 4.79 Å². The van der Waals surface area contributed by atoms with E-state index in [1.165, 1.54) is 7.11 Å². The number of hydrogen-bond donors (Lipinski definition) is 0. The molecule has 0 atom stereocenters. The van der Waals surface area contributed by atoms with Crippen LogP contribution in [0.4, 0.5) is 0 Å². The standard InChI is InChI=1S/C12H12ClNO3/c1-16-11-5-4-10(13)7-9(11)8-17-12(15)3-2-6-14/h4-5,7H,2-3,8H2,1H3. The molecule has 0 N–H and O–H groups in total. The van der Waals surface area contributed by atoms with E-state index in [0.717, 1.165) is 0 Å². The maximum Gasteiger partial charge on any atom is 0.307 e. The Kier molecular flexibility index (Phi) is 5.31. The molecule has 0 saturated heterocycles. The van der Waals surface area contributed by atoms with Crippen molar-refractivity contribution in [1.29, 1.82) is 5.26 Å². The molecule has 0 bridgehead atoms. The highest BCUT2D eigenvalue weighted by atomic mass is 35.5. The Morgan fingerprint density at radius 2 is 2.29 bits per heavy atom. The molecule has 0 unspecified atom stereocenters. The number of carbonyl (C=O) groups is 1. The third-order valence-corrected chi connectivity index (χ3v) is 2.31. The fourth-order valence-corrected chi connectivity index (χ4v) is 1.44. The SMILES string of the molecule is COc1ccc(Cl)cc1COC(=O)CCC#N. The Morgan fingerprint density at radius 1 is 1.53 bits per heavy atom. The van der Waals surface area contributed by atoms with Crippen LogP contribution in [0.3, 0.4) is 0 Å². The molecular weight excluding hydrogens is 242 g/mol. The predicted octanol–water partition coefficient (Wildman–Crippen LogP) is 2.70. The Balaban J connectivity index is 2.59. The summed E-state index contributed by atoms with van der Waals surface area (Å²) in [6.45, 7) is 0.0913. The van der Waals surface area contributed by atoms with Crippen molar-refractivity contribution in [1.82, 2.24) is 0 Å². The molecule has 0 spiro atoms. The lowest BCUT2D eigenvalue weighted by molar-refractivity contribution is -0.144. The molecule has 1 rings (SSSR count). The average Bonchev–Trinajstić information content (AvgIpc) is 2.34. The summed E-state index contributed by atoms with van der Waals surface area (Å²) in [4.78, 5) is 11.2. The first kappa shape index (κ1) is 13.3. The van der Waals surface area contributed by atoms with Gasteiger partial charge in [0.15, 0.2) is 0 Å². The number of nitrogens with zero attached hydrogens (tertiary/aromatic N) is 1. The molecule has 90 valence electrons. The van der Waals surface area contributed by atoms with Crippen LogP contribution in [0.25, 0.3) is 0 Å². The van der Waals surface area contributed by atoms with Gasteiger partial charge < -0.3 is 9.47 Å². The molecule has 4 nitrogen and oxygen atoms in total. The largest absolute Gasteiger partial charge is 0.496 e. The number of nitriles is 1. The van der Waals surface area contributed by atoms with Crippen molar-refractivity contribution in [2.24, 2.45) is 0 Å². The van der Waals surface area contributed by atoms with Gasteiger partial charge in [0, 0.05) is 17.0 Å². The molecular formula is C12H12ClNO3. The minimum atomic E-state index is -0.409. The van der Waals surface area contributed by atoms with Crippen molar-refractivity contribution in [2.75, 3.05) is 7.11 Å². The van der Waals surface area contributed by atoms with Crippen molar-refractivity contribution in [3.63, 3.8) is 0 Å². The lowest BCUT2D eigenvalue weighted by Crippen LogP contribution is -2.05. The van der Waals surface area contributed by atoms with E-state index >= 15 is 0 Å². The highest BCUT2D eigenvalue weighted by Crippen LogP contribution is 2.23. The van der Waals surface area contributed by atoms with Crippen LogP contribution in [0.15, 0.2) is 18.2 Å². The smallest absolute Gasteiger partial charge is 0.307 e. The van der Waals surface area contributed by atoms with Crippen LogP contribution >= 0.6 is 11.6 Å². The van der Waals surface area contributed by atoms with Crippen molar-refractivity contribution < 1.29 is 14.3 Å². The Hall–Kier alpha value is -1.73.